The van der Waals surface area contributed by atoms with E-state index in [4.69, 9.17) is 4.42 Å². The van der Waals surface area contributed by atoms with Gasteiger partial charge in [-0.2, -0.15) is 5.10 Å². The van der Waals surface area contributed by atoms with E-state index >= 15 is 0 Å². The highest BCUT2D eigenvalue weighted by molar-refractivity contribution is 5.04. The fourth-order valence-corrected chi connectivity index (χ4v) is 3.41. The SMILES string of the molecule is Cc1nnc(CN2CCCC(c3nnc(Cn4cccn4)n3C)C2)o1. The van der Waals surface area contributed by atoms with E-state index in [2.05, 4.69) is 35.0 Å². The summed E-state index contributed by atoms with van der Waals surface area (Å²) in [6.07, 6.45) is 5.95. The Bertz CT molecular complexity index is 821. The van der Waals surface area contributed by atoms with Crippen molar-refractivity contribution >= 4 is 0 Å². The Labute approximate surface area is 145 Å². The third-order valence-corrected chi connectivity index (χ3v) is 4.66. The molecule has 1 unspecified atom stereocenters. The molecule has 132 valence electrons. The minimum Gasteiger partial charge on any atom is -0.424 e. The number of nitrogens with zero attached hydrogens (tertiary/aromatic N) is 8. The van der Waals surface area contributed by atoms with E-state index < -0.39 is 0 Å². The summed E-state index contributed by atoms with van der Waals surface area (Å²) in [5.41, 5.74) is 0. The lowest BCUT2D eigenvalue weighted by Gasteiger charge is -2.31. The normalized spacial score (nSPS) is 18.7. The molecule has 0 aromatic carbocycles. The van der Waals surface area contributed by atoms with Crippen molar-refractivity contribution in [2.75, 3.05) is 13.1 Å². The van der Waals surface area contributed by atoms with Crippen molar-refractivity contribution in [3.63, 3.8) is 0 Å². The molecule has 0 radical (unpaired) electrons. The van der Waals surface area contributed by atoms with Gasteiger partial charge in [-0.25, -0.2) is 0 Å². The molecule has 25 heavy (non-hydrogen) atoms. The smallest absolute Gasteiger partial charge is 0.230 e. The highest BCUT2D eigenvalue weighted by atomic mass is 16.4. The van der Waals surface area contributed by atoms with E-state index in [1.54, 1.807) is 6.20 Å². The summed E-state index contributed by atoms with van der Waals surface area (Å²) in [4.78, 5) is 2.35. The van der Waals surface area contributed by atoms with Gasteiger partial charge in [0, 0.05) is 38.8 Å². The molecule has 9 nitrogen and oxygen atoms in total. The highest BCUT2D eigenvalue weighted by Gasteiger charge is 2.26. The van der Waals surface area contributed by atoms with Crippen LogP contribution in [-0.4, -0.2) is 52.7 Å². The molecular weight excluding hydrogens is 320 g/mol. The van der Waals surface area contributed by atoms with Crippen LogP contribution in [-0.2, 0) is 20.1 Å². The molecule has 9 heteroatoms. The maximum atomic E-state index is 5.51. The van der Waals surface area contributed by atoms with E-state index in [1.807, 2.05) is 30.9 Å². The zero-order chi connectivity index (χ0) is 17.2. The molecule has 0 N–H and O–H groups in total. The van der Waals surface area contributed by atoms with Crippen molar-refractivity contribution in [2.24, 2.45) is 7.05 Å². The van der Waals surface area contributed by atoms with E-state index in [-0.39, 0.29) is 0 Å². The molecule has 1 aliphatic heterocycles. The molecule has 1 aliphatic rings. The van der Waals surface area contributed by atoms with Crippen LogP contribution in [0.2, 0.25) is 0 Å². The Hall–Kier alpha value is -2.55. The number of piperidine rings is 1. The second-order valence-electron chi connectivity index (χ2n) is 6.53. The van der Waals surface area contributed by atoms with E-state index in [9.17, 15) is 0 Å². The molecule has 4 heterocycles. The zero-order valence-electron chi connectivity index (χ0n) is 14.5. The number of aromatic nitrogens is 7. The number of rotatable bonds is 5. The van der Waals surface area contributed by atoms with Crippen LogP contribution in [0, 0.1) is 6.92 Å². The van der Waals surface area contributed by atoms with Crippen LogP contribution in [0.15, 0.2) is 22.9 Å². The molecule has 0 bridgehead atoms. The molecule has 4 rings (SSSR count). The first-order valence-corrected chi connectivity index (χ1v) is 8.56. The quantitative estimate of drug-likeness (QED) is 0.686. The van der Waals surface area contributed by atoms with E-state index in [0.29, 0.717) is 30.8 Å². The summed E-state index contributed by atoms with van der Waals surface area (Å²) >= 11 is 0. The molecule has 0 saturated carbocycles. The molecule has 0 amide bonds. The third-order valence-electron chi connectivity index (χ3n) is 4.66. The third kappa shape index (κ3) is 3.46. The molecule has 0 aliphatic carbocycles. The fourth-order valence-electron chi connectivity index (χ4n) is 3.41. The zero-order valence-corrected chi connectivity index (χ0v) is 14.5. The topological polar surface area (TPSA) is 90.7 Å². The monoisotopic (exact) mass is 342 g/mol. The van der Waals surface area contributed by atoms with Crippen molar-refractivity contribution < 1.29 is 4.42 Å². The van der Waals surface area contributed by atoms with E-state index in [0.717, 1.165) is 37.6 Å². The molecule has 1 fully saturated rings. The lowest BCUT2D eigenvalue weighted by molar-refractivity contribution is 0.178. The molecular formula is C16H22N8O. The standard InChI is InChI=1S/C16H22N8O/c1-12-18-20-15(25-12)11-23-7-3-5-13(9-23)16-21-19-14(22(16)2)10-24-8-4-6-17-24/h4,6,8,13H,3,5,7,9-11H2,1-2H3. The Morgan fingerprint density at radius 1 is 1.20 bits per heavy atom. The summed E-state index contributed by atoms with van der Waals surface area (Å²) in [7, 11) is 2.04. The van der Waals surface area contributed by atoms with Crippen LogP contribution < -0.4 is 0 Å². The summed E-state index contributed by atoms with van der Waals surface area (Å²) < 4.78 is 9.47. The van der Waals surface area contributed by atoms with Gasteiger partial charge in [0.05, 0.1) is 6.54 Å². The van der Waals surface area contributed by atoms with E-state index in [1.165, 1.54) is 0 Å². The summed E-state index contributed by atoms with van der Waals surface area (Å²) in [6, 6.07) is 1.91. The largest absolute Gasteiger partial charge is 0.424 e. The second kappa shape index (κ2) is 6.75. The fraction of sp³-hybridized carbons (Fsp3) is 0.562. The lowest BCUT2D eigenvalue weighted by atomic mass is 9.97. The van der Waals surface area contributed by atoms with Gasteiger partial charge in [-0.05, 0) is 25.5 Å². The predicted molar refractivity (Wildman–Crippen MR) is 88.6 cm³/mol. The van der Waals surface area contributed by atoms with Crippen molar-refractivity contribution in [1.82, 2.24) is 39.6 Å². The van der Waals surface area contributed by atoms with Gasteiger partial charge >= 0.3 is 0 Å². The van der Waals surface area contributed by atoms with Gasteiger partial charge in [-0.15, -0.1) is 20.4 Å². The van der Waals surface area contributed by atoms with Crippen LogP contribution >= 0.6 is 0 Å². The van der Waals surface area contributed by atoms with Crippen molar-refractivity contribution in [1.29, 1.82) is 0 Å². The van der Waals surface area contributed by atoms with Crippen molar-refractivity contribution in [3.05, 3.63) is 41.9 Å². The van der Waals surface area contributed by atoms with Gasteiger partial charge in [0.2, 0.25) is 11.8 Å². The van der Waals surface area contributed by atoms with Gasteiger partial charge in [-0.3, -0.25) is 9.58 Å². The Morgan fingerprint density at radius 3 is 2.88 bits per heavy atom. The average molecular weight is 342 g/mol. The first kappa shape index (κ1) is 15.9. The van der Waals surface area contributed by atoms with Crippen molar-refractivity contribution in [2.45, 2.75) is 38.8 Å². The highest BCUT2D eigenvalue weighted by Crippen LogP contribution is 2.26. The second-order valence-corrected chi connectivity index (χ2v) is 6.53. The maximum Gasteiger partial charge on any atom is 0.230 e. The average Bonchev–Trinajstić information content (AvgIpc) is 3.33. The van der Waals surface area contributed by atoms with Crippen LogP contribution in [0.25, 0.3) is 0 Å². The van der Waals surface area contributed by atoms with Gasteiger partial charge in [0.15, 0.2) is 5.82 Å². The summed E-state index contributed by atoms with van der Waals surface area (Å²) in [6.45, 7) is 5.10. The van der Waals surface area contributed by atoms with Gasteiger partial charge < -0.3 is 8.98 Å². The van der Waals surface area contributed by atoms with Crippen molar-refractivity contribution in [3.8, 4) is 0 Å². The predicted octanol–water partition coefficient (Wildman–Crippen LogP) is 1.13. The van der Waals surface area contributed by atoms with Gasteiger partial charge in [-0.1, -0.05) is 0 Å². The lowest BCUT2D eigenvalue weighted by Crippen LogP contribution is -2.35. The van der Waals surface area contributed by atoms with Crippen LogP contribution in [0.5, 0.6) is 0 Å². The number of hydrogen-bond donors (Lipinski definition) is 0. The summed E-state index contributed by atoms with van der Waals surface area (Å²) in [5, 5.41) is 21.1. The Morgan fingerprint density at radius 2 is 2.12 bits per heavy atom. The van der Waals surface area contributed by atoms with Crippen LogP contribution in [0.4, 0.5) is 0 Å². The van der Waals surface area contributed by atoms with Gasteiger partial charge in [0.1, 0.15) is 12.4 Å². The molecule has 1 saturated heterocycles. The van der Waals surface area contributed by atoms with Crippen LogP contribution in [0.1, 0.15) is 42.2 Å². The molecule has 0 spiro atoms. The number of likely N-dealkylation sites (tertiary alicyclic amines) is 1. The number of hydrogen-bond acceptors (Lipinski definition) is 7. The van der Waals surface area contributed by atoms with Crippen LogP contribution in [0.3, 0.4) is 0 Å². The first-order valence-electron chi connectivity index (χ1n) is 8.56. The molecule has 3 aromatic heterocycles. The minimum atomic E-state index is 0.363. The maximum absolute atomic E-state index is 5.51. The van der Waals surface area contributed by atoms with Gasteiger partial charge in [0.25, 0.3) is 0 Å². The first-order chi connectivity index (χ1) is 12.2. The Balaban J connectivity index is 1.45. The minimum absolute atomic E-state index is 0.363. The summed E-state index contributed by atoms with van der Waals surface area (Å²) in [5.74, 6) is 3.61. The number of aryl methyl sites for hydroxylation is 1. The molecule has 3 aromatic rings. The Kier molecular flexibility index (Phi) is 4.31. The molecule has 1 atom stereocenters.